The molecule has 0 spiro atoms. The number of carbonyl (C=O) groups excluding carboxylic acids is 2. The molecule has 1 N–H and O–H groups in total. The van der Waals surface area contributed by atoms with Gasteiger partial charge >= 0.3 is 6.03 Å². The van der Waals surface area contributed by atoms with E-state index in [1.807, 2.05) is 4.90 Å². The number of benzene rings is 1. The molecular weight excluding hydrogens is 314 g/mol. The first-order chi connectivity index (χ1) is 10.7. The Morgan fingerprint density at radius 2 is 1.57 bits per heavy atom. The van der Waals surface area contributed by atoms with Crippen LogP contribution in [0.15, 0.2) is 24.3 Å². The zero-order chi connectivity index (χ0) is 17.0. The molecular formula is C17H24ClN3O2. The van der Waals surface area contributed by atoms with Crippen molar-refractivity contribution < 1.29 is 9.59 Å². The summed E-state index contributed by atoms with van der Waals surface area (Å²) in [6.45, 7) is 8.44. The molecule has 0 atom stereocenters. The van der Waals surface area contributed by atoms with Crippen molar-refractivity contribution in [1.82, 2.24) is 9.80 Å². The molecule has 0 unspecified atom stereocenters. The summed E-state index contributed by atoms with van der Waals surface area (Å²) in [6, 6.07) is 6.86. The second kappa shape index (κ2) is 7.21. The Bertz CT molecular complexity index is 558. The first-order valence-corrected chi connectivity index (χ1v) is 8.22. The van der Waals surface area contributed by atoms with Crippen LogP contribution in [-0.2, 0) is 4.79 Å². The van der Waals surface area contributed by atoms with E-state index in [1.165, 1.54) is 0 Å². The van der Waals surface area contributed by atoms with E-state index in [1.54, 1.807) is 29.2 Å². The quantitative estimate of drug-likeness (QED) is 0.898. The highest BCUT2D eigenvalue weighted by atomic mass is 35.5. The molecule has 1 aromatic carbocycles. The highest BCUT2D eigenvalue weighted by Crippen LogP contribution is 2.20. The van der Waals surface area contributed by atoms with Crippen LogP contribution in [0.2, 0.25) is 5.02 Å². The molecule has 0 aliphatic carbocycles. The minimum Gasteiger partial charge on any atom is -0.339 e. The second-order valence-electron chi connectivity index (χ2n) is 7.04. The summed E-state index contributed by atoms with van der Waals surface area (Å²) in [4.78, 5) is 28.0. The fraction of sp³-hybridized carbons (Fsp3) is 0.529. The van der Waals surface area contributed by atoms with Gasteiger partial charge in [0.1, 0.15) is 0 Å². The number of nitrogens with zero attached hydrogens (tertiary/aromatic N) is 2. The van der Waals surface area contributed by atoms with Crippen molar-refractivity contribution in [3.63, 3.8) is 0 Å². The highest BCUT2D eigenvalue weighted by molar-refractivity contribution is 6.30. The van der Waals surface area contributed by atoms with Crippen molar-refractivity contribution in [3.8, 4) is 0 Å². The van der Waals surface area contributed by atoms with Gasteiger partial charge in [0, 0.05) is 43.3 Å². The molecule has 1 aromatic rings. The van der Waals surface area contributed by atoms with Crippen molar-refractivity contribution in [3.05, 3.63) is 29.3 Å². The molecule has 5 nitrogen and oxygen atoms in total. The molecule has 23 heavy (non-hydrogen) atoms. The molecule has 0 radical (unpaired) electrons. The van der Waals surface area contributed by atoms with Gasteiger partial charge in [-0.1, -0.05) is 32.4 Å². The summed E-state index contributed by atoms with van der Waals surface area (Å²) in [5, 5.41) is 3.48. The summed E-state index contributed by atoms with van der Waals surface area (Å²) >= 11 is 5.83. The molecule has 0 bridgehead atoms. The van der Waals surface area contributed by atoms with Crippen molar-refractivity contribution in [2.45, 2.75) is 27.2 Å². The average molecular weight is 338 g/mol. The van der Waals surface area contributed by atoms with Gasteiger partial charge in [-0.25, -0.2) is 4.79 Å². The molecule has 1 fully saturated rings. The van der Waals surface area contributed by atoms with Crippen LogP contribution in [0.5, 0.6) is 0 Å². The number of rotatable bonds is 2. The van der Waals surface area contributed by atoms with Gasteiger partial charge in [-0.2, -0.15) is 0 Å². The fourth-order valence-electron chi connectivity index (χ4n) is 2.46. The first-order valence-electron chi connectivity index (χ1n) is 7.84. The van der Waals surface area contributed by atoms with Crippen molar-refractivity contribution in [2.75, 3.05) is 31.5 Å². The molecule has 3 amide bonds. The van der Waals surface area contributed by atoms with Gasteiger partial charge < -0.3 is 15.1 Å². The normalized spacial score (nSPS) is 15.5. The van der Waals surface area contributed by atoms with Gasteiger partial charge in [-0.3, -0.25) is 4.79 Å². The standard InChI is InChI=1S/C17H24ClN3O2/c1-17(2,3)12-15(22)20-8-10-21(11-9-20)16(23)19-14-6-4-13(18)5-7-14/h4-7H,8-12H2,1-3H3,(H,19,23). The Morgan fingerprint density at radius 3 is 2.09 bits per heavy atom. The van der Waals surface area contributed by atoms with E-state index >= 15 is 0 Å². The van der Waals surface area contributed by atoms with Gasteiger partial charge in [0.2, 0.25) is 5.91 Å². The summed E-state index contributed by atoms with van der Waals surface area (Å²) < 4.78 is 0. The number of halogens is 1. The predicted molar refractivity (Wildman–Crippen MR) is 92.7 cm³/mol. The number of carbonyl (C=O) groups is 2. The zero-order valence-electron chi connectivity index (χ0n) is 13.9. The summed E-state index contributed by atoms with van der Waals surface area (Å²) in [5.74, 6) is 0.162. The van der Waals surface area contributed by atoms with E-state index in [4.69, 9.17) is 11.6 Å². The number of hydrogen-bond donors (Lipinski definition) is 1. The molecule has 1 aliphatic rings. The third-order valence-corrected chi connectivity index (χ3v) is 3.95. The van der Waals surface area contributed by atoms with Gasteiger partial charge in [0.15, 0.2) is 0 Å². The molecule has 126 valence electrons. The maximum absolute atomic E-state index is 12.2. The van der Waals surface area contributed by atoms with Crippen LogP contribution in [0.3, 0.4) is 0 Å². The van der Waals surface area contributed by atoms with E-state index in [9.17, 15) is 9.59 Å². The zero-order valence-corrected chi connectivity index (χ0v) is 14.7. The lowest BCUT2D eigenvalue weighted by molar-refractivity contribution is -0.134. The Balaban J connectivity index is 1.83. The predicted octanol–water partition coefficient (Wildman–Crippen LogP) is 3.45. The summed E-state index contributed by atoms with van der Waals surface area (Å²) in [6.07, 6.45) is 0.532. The molecule has 6 heteroatoms. The SMILES string of the molecule is CC(C)(C)CC(=O)N1CCN(C(=O)Nc2ccc(Cl)cc2)CC1. The van der Waals surface area contributed by atoms with Crippen LogP contribution >= 0.6 is 11.6 Å². The number of piperazine rings is 1. The van der Waals surface area contributed by atoms with Crippen LogP contribution < -0.4 is 5.32 Å². The van der Waals surface area contributed by atoms with Crippen LogP contribution in [-0.4, -0.2) is 47.9 Å². The van der Waals surface area contributed by atoms with Gasteiger partial charge in [0.25, 0.3) is 0 Å². The lowest BCUT2D eigenvalue weighted by Crippen LogP contribution is -2.52. The van der Waals surface area contributed by atoms with E-state index in [-0.39, 0.29) is 17.4 Å². The van der Waals surface area contributed by atoms with Crippen molar-refractivity contribution >= 4 is 29.2 Å². The summed E-state index contributed by atoms with van der Waals surface area (Å²) in [7, 11) is 0. The highest BCUT2D eigenvalue weighted by Gasteiger charge is 2.26. The second-order valence-corrected chi connectivity index (χ2v) is 7.48. The molecule has 0 saturated carbocycles. The smallest absolute Gasteiger partial charge is 0.321 e. The minimum absolute atomic E-state index is 0.0137. The van der Waals surface area contributed by atoms with Crippen LogP contribution in [0, 0.1) is 5.41 Å². The minimum atomic E-state index is -0.143. The van der Waals surface area contributed by atoms with E-state index in [0.717, 1.165) is 0 Å². The number of hydrogen-bond acceptors (Lipinski definition) is 2. The monoisotopic (exact) mass is 337 g/mol. The third-order valence-electron chi connectivity index (χ3n) is 3.70. The number of amides is 3. The molecule has 0 aromatic heterocycles. The number of urea groups is 1. The van der Waals surface area contributed by atoms with Crippen LogP contribution in [0.25, 0.3) is 0 Å². The molecule has 1 saturated heterocycles. The topological polar surface area (TPSA) is 52.7 Å². The Kier molecular flexibility index (Phi) is 5.52. The van der Waals surface area contributed by atoms with Gasteiger partial charge in [-0.15, -0.1) is 0 Å². The molecule has 2 rings (SSSR count). The largest absolute Gasteiger partial charge is 0.339 e. The Morgan fingerprint density at radius 1 is 1.04 bits per heavy atom. The van der Waals surface area contributed by atoms with Crippen LogP contribution in [0.4, 0.5) is 10.5 Å². The first kappa shape index (κ1) is 17.6. The number of nitrogens with one attached hydrogen (secondary N) is 1. The maximum atomic E-state index is 12.2. The summed E-state index contributed by atoms with van der Waals surface area (Å²) in [5.41, 5.74) is 0.700. The Labute approximate surface area is 142 Å². The van der Waals surface area contributed by atoms with E-state index < -0.39 is 0 Å². The van der Waals surface area contributed by atoms with Gasteiger partial charge in [-0.05, 0) is 29.7 Å². The van der Waals surface area contributed by atoms with Crippen LogP contribution in [0.1, 0.15) is 27.2 Å². The van der Waals surface area contributed by atoms with Crippen molar-refractivity contribution in [1.29, 1.82) is 0 Å². The van der Waals surface area contributed by atoms with E-state index in [0.29, 0.717) is 43.3 Å². The lowest BCUT2D eigenvalue weighted by Gasteiger charge is -2.35. The van der Waals surface area contributed by atoms with Crippen molar-refractivity contribution in [2.24, 2.45) is 5.41 Å². The maximum Gasteiger partial charge on any atom is 0.321 e. The Hall–Kier alpha value is -1.75. The number of anilines is 1. The van der Waals surface area contributed by atoms with E-state index in [2.05, 4.69) is 26.1 Å². The molecule has 1 aliphatic heterocycles. The molecule has 1 heterocycles. The average Bonchev–Trinajstić information content (AvgIpc) is 2.48. The van der Waals surface area contributed by atoms with Gasteiger partial charge in [0.05, 0.1) is 0 Å². The fourth-order valence-corrected chi connectivity index (χ4v) is 2.59. The third kappa shape index (κ3) is 5.43. The lowest BCUT2D eigenvalue weighted by atomic mass is 9.91.